The third kappa shape index (κ3) is 74.9. The molecule has 6 atom stereocenters. The standard InChI is InChI=1S/C83H162O17P2/c1-7-10-12-14-15-16-17-18-19-20-21-22-26-29-32-38-43-48-54-60-66-81(86)94-72-79(100-83(88)68-61-55-49-44-39-33-30-27-24-23-25-28-31-37-42-47-53-58-64-76(6)9-3)74-98-102(91,92)96-70-77(84)69-95-101(89,90)97-73-78(71-93-80(85)65-59-51-13-11-8-2)99-82(87)67-62-56-50-45-40-35-34-36-41-46-52-57-63-75(4)5/h75-79,84H,7-74H2,1-6H3,(H,89,90)(H,91,92)/t76?,77-,78+,79+/m0/s1. The molecule has 3 unspecified atom stereocenters. The smallest absolute Gasteiger partial charge is 0.462 e. The second-order valence-electron chi connectivity index (χ2n) is 30.6. The SMILES string of the molecule is CCCCCCCCCCCCCCCCCCCCCCC(=O)OC[C@H](COP(=O)(O)OC[C@@H](O)COP(=O)(O)OC[C@@H](COC(=O)CCCCCCC)OC(=O)CCCCCCCCCCCCCCC(C)C)OC(=O)CCCCCCCCCCCCCCCCCCCCC(C)CC. The molecule has 0 amide bonds. The van der Waals surface area contributed by atoms with Gasteiger partial charge in [0.05, 0.1) is 26.4 Å². The molecule has 0 aliphatic rings. The third-order valence-corrected chi connectivity index (χ3v) is 21.7. The average molecular weight is 1490 g/mol. The Bertz CT molecular complexity index is 1960. The number of unbranched alkanes of at least 4 members (excludes halogenated alkanes) is 51. The van der Waals surface area contributed by atoms with Crippen LogP contribution in [0.25, 0.3) is 0 Å². The summed E-state index contributed by atoms with van der Waals surface area (Å²) in [5.74, 6) is -0.471. The second-order valence-corrected chi connectivity index (χ2v) is 33.5. The molecule has 0 rings (SSSR count). The van der Waals surface area contributed by atoms with Gasteiger partial charge in [0.2, 0.25) is 0 Å². The highest BCUT2D eigenvalue weighted by Crippen LogP contribution is 2.45. The van der Waals surface area contributed by atoms with E-state index in [0.717, 1.165) is 108 Å². The van der Waals surface area contributed by atoms with E-state index in [-0.39, 0.29) is 25.7 Å². The number of esters is 4. The summed E-state index contributed by atoms with van der Waals surface area (Å²) in [6.45, 7) is 9.63. The minimum absolute atomic E-state index is 0.106. The van der Waals surface area contributed by atoms with Crippen LogP contribution < -0.4 is 0 Å². The fourth-order valence-electron chi connectivity index (χ4n) is 12.9. The lowest BCUT2D eigenvalue weighted by atomic mass is 9.99. The van der Waals surface area contributed by atoms with Crippen LogP contribution in [0.5, 0.6) is 0 Å². The van der Waals surface area contributed by atoms with Gasteiger partial charge in [0.1, 0.15) is 19.3 Å². The number of hydrogen-bond acceptors (Lipinski definition) is 15. The van der Waals surface area contributed by atoms with Gasteiger partial charge in [-0.2, -0.15) is 0 Å². The number of aliphatic hydroxyl groups excluding tert-OH is 1. The molecule has 102 heavy (non-hydrogen) atoms. The van der Waals surface area contributed by atoms with Gasteiger partial charge < -0.3 is 33.8 Å². The van der Waals surface area contributed by atoms with E-state index in [0.29, 0.717) is 25.7 Å². The summed E-state index contributed by atoms with van der Waals surface area (Å²) in [5.41, 5.74) is 0. The summed E-state index contributed by atoms with van der Waals surface area (Å²) < 4.78 is 68.5. The number of ether oxygens (including phenoxy) is 4. The molecule has 0 aromatic rings. The number of phosphoric acid groups is 2. The Morgan fingerprint density at radius 1 is 0.284 bits per heavy atom. The van der Waals surface area contributed by atoms with Gasteiger partial charge in [-0.15, -0.1) is 0 Å². The molecule has 606 valence electrons. The zero-order chi connectivity index (χ0) is 74.9. The van der Waals surface area contributed by atoms with Crippen LogP contribution in [0.3, 0.4) is 0 Å². The molecule has 0 aliphatic carbocycles. The first-order valence-electron chi connectivity index (χ1n) is 43.0. The van der Waals surface area contributed by atoms with E-state index in [1.54, 1.807) is 0 Å². The van der Waals surface area contributed by atoms with Gasteiger partial charge in [-0.25, -0.2) is 9.13 Å². The summed E-state index contributed by atoms with van der Waals surface area (Å²) in [6.07, 6.45) is 65.8. The summed E-state index contributed by atoms with van der Waals surface area (Å²) in [7, 11) is -9.91. The summed E-state index contributed by atoms with van der Waals surface area (Å²) >= 11 is 0. The molecular weight excluding hydrogens is 1330 g/mol. The molecule has 19 heteroatoms. The fraction of sp³-hybridized carbons (Fsp3) is 0.952. The lowest BCUT2D eigenvalue weighted by Gasteiger charge is -2.21. The fourth-order valence-corrected chi connectivity index (χ4v) is 14.4. The number of carbonyl (C=O) groups excluding carboxylic acids is 4. The van der Waals surface area contributed by atoms with E-state index >= 15 is 0 Å². The quantitative estimate of drug-likeness (QED) is 0.0222. The van der Waals surface area contributed by atoms with Crippen LogP contribution in [-0.2, 0) is 65.4 Å². The zero-order valence-corrected chi connectivity index (χ0v) is 68.7. The lowest BCUT2D eigenvalue weighted by molar-refractivity contribution is -0.161. The van der Waals surface area contributed by atoms with Crippen molar-refractivity contribution >= 4 is 39.5 Å². The van der Waals surface area contributed by atoms with E-state index < -0.39 is 97.5 Å². The zero-order valence-electron chi connectivity index (χ0n) is 66.9. The molecule has 0 spiro atoms. The summed E-state index contributed by atoms with van der Waals surface area (Å²) in [5, 5.41) is 10.6. The molecule has 0 bridgehead atoms. The van der Waals surface area contributed by atoms with Crippen LogP contribution in [0.1, 0.15) is 440 Å². The predicted molar refractivity (Wildman–Crippen MR) is 418 cm³/mol. The molecule has 0 aromatic heterocycles. The first-order valence-corrected chi connectivity index (χ1v) is 46.0. The third-order valence-electron chi connectivity index (χ3n) is 19.8. The maximum absolute atomic E-state index is 13.1. The van der Waals surface area contributed by atoms with Crippen molar-refractivity contribution in [1.29, 1.82) is 0 Å². The topological polar surface area (TPSA) is 237 Å². The molecular formula is C83H162O17P2. The first-order chi connectivity index (χ1) is 49.4. The van der Waals surface area contributed by atoms with E-state index in [2.05, 4.69) is 41.5 Å². The highest BCUT2D eigenvalue weighted by Gasteiger charge is 2.30. The Morgan fingerprint density at radius 2 is 0.500 bits per heavy atom. The molecule has 0 radical (unpaired) electrons. The van der Waals surface area contributed by atoms with Crippen molar-refractivity contribution in [3.63, 3.8) is 0 Å². The number of carbonyl (C=O) groups is 4. The van der Waals surface area contributed by atoms with Crippen LogP contribution in [-0.4, -0.2) is 96.7 Å². The van der Waals surface area contributed by atoms with Gasteiger partial charge in [0.25, 0.3) is 0 Å². The normalized spacial score (nSPS) is 14.1. The van der Waals surface area contributed by atoms with E-state index in [1.807, 2.05) is 0 Å². The summed E-state index contributed by atoms with van der Waals surface area (Å²) in [6, 6.07) is 0. The Kier molecular flexibility index (Phi) is 73.1. The van der Waals surface area contributed by atoms with Crippen molar-refractivity contribution in [3.8, 4) is 0 Å². The average Bonchev–Trinajstić information content (AvgIpc) is 0.913. The van der Waals surface area contributed by atoms with Gasteiger partial charge in [0.15, 0.2) is 12.2 Å². The molecule has 0 fully saturated rings. The number of phosphoric ester groups is 2. The van der Waals surface area contributed by atoms with Crippen molar-refractivity contribution in [2.45, 2.75) is 458 Å². The maximum atomic E-state index is 13.1. The number of hydrogen-bond donors (Lipinski definition) is 3. The number of aliphatic hydroxyl groups is 1. The van der Waals surface area contributed by atoms with Crippen LogP contribution in [0.2, 0.25) is 0 Å². The molecule has 0 saturated carbocycles. The molecule has 0 aliphatic heterocycles. The molecule has 0 saturated heterocycles. The van der Waals surface area contributed by atoms with Crippen molar-refractivity contribution in [2.24, 2.45) is 11.8 Å². The molecule has 0 heterocycles. The minimum atomic E-state index is -4.96. The molecule has 3 N–H and O–H groups in total. The number of rotatable bonds is 82. The second kappa shape index (κ2) is 74.5. The van der Waals surface area contributed by atoms with Crippen LogP contribution in [0.4, 0.5) is 0 Å². The van der Waals surface area contributed by atoms with Gasteiger partial charge in [-0.1, -0.05) is 388 Å². The Balaban J connectivity index is 5.11. The van der Waals surface area contributed by atoms with Gasteiger partial charge in [-0.3, -0.25) is 37.3 Å². The highest BCUT2D eigenvalue weighted by atomic mass is 31.2. The summed E-state index contributed by atoms with van der Waals surface area (Å²) in [4.78, 5) is 72.8. The molecule has 0 aromatic carbocycles. The Morgan fingerprint density at radius 3 is 0.745 bits per heavy atom. The monoisotopic (exact) mass is 1490 g/mol. The van der Waals surface area contributed by atoms with Crippen LogP contribution >= 0.6 is 15.6 Å². The van der Waals surface area contributed by atoms with Gasteiger partial charge in [0, 0.05) is 25.7 Å². The van der Waals surface area contributed by atoms with E-state index in [9.17, 15) is 43.2 Å². The van der Waals surface area contributed by atoms with Crippen LogP contribution in [0.15, 0.2) is 0 Å². The van der Waals surface area contributed by atoms with Crippen LogP contribution in [0, 0.1) is 11.8 Å². The van der Waals surface area contributed by atoms with Crippen molar-refractivity contribution < 1.29 is 80.2 Å². The van der Waals surface area contributed by atoms with Gasteiger partial charge >= 0.3 is 39.5 Å². The maximum Gasteiger partial charge on any atom is 0.472 e. The van der Waals surface area contributed by atoms with E-state index in [1.165, 1.54) is 250 Å². The van der Waals surface area contributed by atoms with Crippen molar-refractivity contribution in [2.75, 3.05) is 39.6 Å². The Hall–Kier alpha value is -1.94. The van der Waals surface area contributed by atoms with Gasteiger partial charge in [-0.05, 0) is 37.5 Å². The minimum Gasteiger partial charge on any atom is -0.462 e. The Labute approximate surface area is 626 Å². The van der Waals surface area contributed by atoms with Crippen molar-refractivity contribution in [3.05, 3.63) is 0 Å². The molecule has 17 nitrogen and oxygen atoms in total. The van der Waals surface area contributed by atoms with Crippen molar-refractivity contribution in [1.82, 2.24) is 0 Å². The highest BCUT2D eigenvalue weighted by molar-refractivity contribution is 7.47. The lowest BCUT2D eigenvalue weighted by Crippen LogP contribution is -2.30. The van der Waals surface area contributed by atoms with E-state index in [4.69, 9.17) is 37.0 Å². The largest absolute Gasteiger partial charge is 0.472 e. The first kappa shape index (κ1) is 100. The predicted octanol–water partition coefficient (Wildman–Crippen LogP) is 25.1.